The summed E-state index contributed by atoms with van der Waals surface area (Å²) < 4.78 is 19.5. The maximum Gasteiger partial charge on any atom is 0.241 e. The van der Waals surface area contributed by atoms with Gasteiger partial charge in [0.1, 0.15) is 5.82 Å². The molecule has 0 radical (unpaired) electrons. The number of halogens is 3. The van der Waals surface area contributed by atoms with Gasteiger partial charge in [0, 0.05) is 10.8 Å². The number of methoxy groups -OCH3 is 1. The number of hydrogen-bond donors (Lipinski definition) is 1. The predicted octanol–water partition coefficient (Wildman–Crippen LogP) is 6.34. The first-order valence-electron chi connectivity index (χ1n) is 14.4. The van der Waals surface area contributed by atoms with Crippen LogP contribution in [-0.4, -0.2) is 40.7 Å². The van der Waals surface area contributed by atoms with Crippen LogP contribution in [0.5, 0.6) is 11.5 Å². The zero-order chi connectivity index (χ0) is 31.9. The van der Waals surface area contributed by atoms with Crippen molar-refractivity contribution in [2.24, 2.45) is 29.1 Å². The summed E-state index contributed by atoms with van der Waals surface area (Å²) in [7, 11) is 1.38. The molecule has 7 rings (SSSR count). The molecule has 0 bridgehead atoms. The fraction of sp³-hybridized carbons (Fsp3) is 0.333. The monoisotopic (exact) mass is 668 g/mol. The topological polar surface area (TPSA) is 104 Å². The van der Waals surface area contributed by atoms with Crippen LogP contribution in [0.2, 0.25) is 10.0 Å². The normalized spacial score (nSPS) is 29.1. The number of rotatable bonds is 5. The molecule has 4 aliphatic rings. The Morgan fingerprint density at radius 2 is 1.82 bits per heavy atom. The summed E-state index contributed by atoms with van der Waals surface area (Å²) in [4.78, 5) is 59.7. The maximum atomic E-state index is 14.5. The Balaban J connectivity index is 1.37. The lowest BCUT2D eigenvalue weighted by molar-refractivity contribution is -0.141. The molecule has 0 spiro atoms. The standard InChI is InChI=1S/C33H27Cl2FN2O6S/c1-33-21(30(41)38(32(33)43)16-5-8-24(36)22(34)12-16)13-20-18(27(33)15-10-23(35)28(39)25(11-15)44-2)6-7-19-26(20)31(42)37(29(19)40)14-17-4-3-9-45-17/h3-6,8-12,19-21,26-27,39H,7,13-14H2,1-2H3. The summed E-state index contributed by atoms with van der Waals surface area (Å²) in [6.45, 7) is 1.89. The number of aromatic hydroxyl groups is 1. The molecule has 45 heavy (non-hydrogen) atoms. The van der Waals surface area contributed by atoms with E-state index in [2.05, 4.69) is 0 Å². The van der Waals surface area contributed by atoms with Crippen LogP contribution >= 0.6 is 34.5 Å². The van der Waals surface area contributed by atoms with Crippen molar-refractivity contribution in [1.82, 2.24) is 4.90 Å². The fourth-order valence-corrected chi connectivity index (χ4v) is 9.05. The van der Waals surface area contributed by atoms with E-state index < -0.39 is 52.6 Å². The summed E-state index contributed by atoms with van der Waals surface area (Å²) in [5.74, 6) is -5.91. The van der Waals surface area contributed by atoms with E-state index in [4.69, 9.17) is 27.9 Å². The van der Waals surface area contributed by atoms with Crippen molar-refractivity contribution in [3.8, 4) is 11.5 Å². The van der Waals surface area contributed by atoms with Gasteiger partial charge in [0.05, 0.1) is 52.6 Å². The molecule has 6 atom stereocenters. The van der Waals surface area contributed by atoms with Gasteiger partial charge in [-0.3, -0.25) is 24.1 Å². The van der Waals surface area contributed by atoms with Crippen LogP contribution in [0.3, 0.4) is 0 Å². The summed E-state index contributed by atoms with van der Waals surface area (Å²) in [5.41, 5.74) is 0.0546. The van der Waals surface area contributed by atoms with Crippen molar-refractivity contribution < 1.29 is 33.4 Å². The first kappa shape index (κ1) is 30.0. The average molecular weight is 670 g/mol. The molecular weight excluding hydrogens is 642 g/mol. The lowest BCUT2D eigenvalue weighted by Gasteiger charge is -2.49. The van der Waals surface area contributed by atoms with Crippen molar-refractivity contribution in [3.05, 3.63) is 85.8 Å². The van der Waals surface area contributed by atoms with Crippen LogP contribution in [0.15, 0.2) is 59.5 Å². The summed E-state index contributed by atoms with van der Waals surface area (Å²) in [6, 6.07) is 10.5. The first-order valence-corrected chi connectivity index (χ1v) is 16.1. The molecule has 4 amide bonds. The van der Waals surface area contributed by atoms with Gasteiger partial charge in [0.25, 0.3) is 0 Å². The Hall–Kier alpha value is -3.73. The van der Waals surface area contributed by atoms with Crippen molar-refractivity contribution >= 4 is 63.9 Å². The zero-order valence-corrected chi connectivity index (χ0v) is 26.5. The highest BCUT2D eigenvalue weighted by Crippen LogP contribution is 2.64. The lowest BCUT2D eigenvalue weighted by Crippen LogP contribution is -2.48. The molecule has 1 saturated carbocycles. The van der Waals surface area contributed by atoms with Gasteiger partial charge in [-0.15, -0.1) is 11.3 Å². The third-order valence-corrected chi connectivity index (χ3v) is 11.5. The second-order valence-electron chi connectivity index (χ2n) is 12.2. The van der Waals surface area contributed by atoms with Crippen molar-refractivity contribution in [1.29, 1.82) is 0 Å². The second kappa shape index (κ2) is 10.7. The van der Waals surface area contributed by atoms with Gasteiger partial charge in [-0.2, -0.15) is 0 Å². The number of imide groups is 2. The van der Waals surface area contributed by atoms with E-state index in [1.54, 1.807) is 19.1 Å². The molecule has 1 aromatic heterocycles. The average Bonchev–Trinajstić information content (AvgIpc) is 3.67. The van der Waals surface area contributed by atoms with Gasteiger partial charge < -0.3 is 9.84 Å². The number of amides is 4. The minimum atomic E-state index is -1.36. The molecule has 6 unspecified atom stereocenters. The van der Waals surface area contributed by atoms with E-state index >= 15 is 0 Å². The van der Waals surface area contributed by atoms with E-state index in [1.165, 1.54) is 35.5 Å². The number of hydrogen-bond acceptors (Lipinski definition) is 7. The van der Waals surface area contributed by atoms with Crippen LogP contribution in [0.4, 0.5) is 10.1 Å². The molecular formula is C33H27Cl2FN2O6S. The summed E-state index contributed by atoms with van der Waals surface area (Å²) in [5, 5.41) is 12.2. The Morgan fingerprint density at radius 3 is 2.51 bits per heavy atom. The molecule has 1 N–H and O–H groups in total. The molecule has 3 fully saturated rings. The molecule has 12 heteroatoms. The van der Waals surface area contributed by atoms with Crippen LogP contribution in [-0.2, 0) is 25.7 Å². The number of likely N-dealkylation sites (tertiary alicyclic amines) is 1. The maximum absolute atomic E-state index is 14.5. The molecule has 8 nitrogen and oxygen atoms in total. The van der Waals surface area contributed by atoms with Crippen LogP contribution in [0, 0.1) is 34.9 Å². The molecule has 3 heterocycles. The number of benzene rings is 2. The van der Waals surface area contributed by atoms with Gasteiger partial charge >= 0.3 is 0 Å². The number of phenols is 1. The van der Waals surface area contributed by atoms with E-state index in [0.717, 1.165) is 21.4 Å². The molecule has 2 aliphatic carbocycles. The molecule has 2 aromatic carbocycles. The van der Waals surface area contributed by atoms with Crippen LogP contribution in [0.25, 0.3) is 0 Å². The highest BCUT2D eigenvalue weighted by atomic mass is 35.5. The van der Waals surface area contributed by atoms with Gasteiger partial charge in [0.2, 0.25) is 23.6 Å². The van der Waals surface area contributed by atoms with E-state index in [1.807, 2.05) is 23.6 Å². The number of carbonyl (C=O) groups is 4. The van der Waals surface area contributed by atoms with Crippen molar-refractivity contribution in [2.75, 3.05) is 12.0 Å². The van der Waals surface area contributed by atoms with Gasteiger partial charge in [0.15, 0.2) is 11.5 Å². The highest BCUT2D eigenvalue weighted by molar-refractivity contribution is 7.09. The molecule has 3 aromatic rings. The van der Waals surface area contributed by atoms with Crippen molar-refractivity contribution in [2.45, 2.75) is 32.2 Å². The Bertz CT molecular complexity index is 1830. The number of fused-ring (bicyclic) bond motifs is 4. The highest BCUT2D eigenvalue weighted by Gasteiger charge is 2.67. The minimum Gasteiger partial charge on any atom is -0.503 e. The molecule has 2 aliphatic heterocycles. The number of thiophene rings is 1. The largest absolute Gasteiger partial charge is 0.503 e. The second-order valence-corrected chi connectivity index (χ2v) is 14.0. The van der Waals surface area contributed by atoms with Crippen LogP contribution < -0.4 is 9.64 Å². The fourth-order valence-electron chi connectivity index (χ4n) is 7.96. The molecule has 232 valence electrons. The minimum absolute atomic E-state index is 0.00546. The summed E-state index contributed by atoms with van der Waals surface area (Å²) >= 11 is 14.0. The van der Waals surface area contributed by atoms with E-state index in [0.29, 0.717) is 12.0 Å². The SMILES string of the molecule is COc1cc(C2C3=CCC4C(=O)N(Cc5cccs5)C(=O)C4C3CC3C(=O)N(c4ccc(F)c(Cl)c4)C(=O)C32C)cc(Cl)c1O. The number of anilines is 1. The van der Waals surface area contributed by atoms with Crippen LogP contribution in [0.1, 0.15) is 36.1 Å². The Kier molecular flexibility index (Phi) is 7.11. The number of ether oxygens (including phenoxy) is 1. The van der Waals surface area contributed by atoms with Crippen molar-refractivity contribution in [3.63, 3.8) is 0 Å². The predicted molar refractivity (Wildman–Crippen MR) is 166 cm³/mol. The van der Waals surface area contributed by atoms with E-state index in [9.17, 15) is 28.7 Å². The summed E-state index contributed by atoms with van der Waals surface area (Å²) in [6.07, 6.45) is 2.38. The Morgan fingerprint density at radius 1 is 1.04 bits per heavy atom. The van der Waals surface area contributed by atoms with Gasteiger partial charge in [-0.25, -0.2) is 9.29 Å². The van der Waals surface area contributed by atoms with E-state index in [-0.39, 0.29) is 52.0 Å². The third kappa shape index (κ3) is 4.29. The number of allylic oxidation sites excluding steroid dienone is 2. The molecule has 2 saturated heterocycles. The number of phenolic OH excluding ortho intramolecular Hbond substituents is 1. The number of carbonyl (C=O) groups excluding carboxylic acids is 4. The Labute approximate surface area is 272 Å². The smallest absolute Gasteiger partial charge is 0.241 e. The third-order valence-electron chi connectivity index (χ3n) is 10.0. The quantitative estimate of drug-likeness (QED) is 0.251. The first-order chi connectivity index (χ1) is 21.5. The number of nitrogens with zero attached hydrogens (tertiary/aromatic N) is 2. The zero-order valence-electron chi connectivity index (χ0n) is 24.1. The van der Waals surface area contributed by atoms with Gasteiger partial charge in [-0.05, 0) is 73.0 Å². The van der Waals surface area contributed by atoms with Gasteiger partial charge in [-0.1, -0.05) is 40.9 Å². The lowest BCUT2D eigenvalue weighted by atomic mass is 9.51.